The van der Waals surface area contributed by atoms with Crippen molar-refractivity contribution in [1.29, 1.82) is 0 Å². The van der Waals surface area contributed by atoms with Crippen LogP contribution in [-0.2, 0) is 7.05 Å². The minimum Gasteiger partial charge on any atom is -0.396 e. The Labute approximate surface area is 171 Å². The van der Waals surface area contributed by atoms with Gasteiger partial charge in [-0.3, -0.25) is 4.79 Å². The summed E-state index contributed by atoms with van der Waals surface area (Å²) in [5.74, 6) is 6.13. The van der Waals surface area contributed by atoms with Gasteiger partial charge in [-0.1, -0.05) is 17.5 Å². The van der Waals surface area contributed by atoms with Crippen molar-refractivity contribution in [2.75, 3.05) is 5.73 Å². The van der Waals surface area contributed by atoms with Crippen LogP contribution in [-0.4, -0.2) is 36.1 Å². The van der Waals surface area contributed by atoms with Crippen molar-refractivity contribution in [3.05, 3.63) is 53.2 Å². The molecule has 3 N–H and O–H groups in total. The maximum atomic E-state index is 12.6. The number of carbonyl (C=O) groups excluding carboxylic acids is 1. The molecule has 0 saturated heterocycles. The summed E-state index contributed by atoms with van der Waals surface area (Å²) in [5.41, 5.74) is 9.13. The average molecular weight is 408 g/mol. The molecule has 0 aliphatic rings. The van der Waals surface area contributed by atoms with Crippen LogP contribution in [0, 0.1) is 11.8 Å². The van der Waals surface area contributed by atoms with Gasteiger partial charge in [-0.05, 0) is 37.1 Å². The van der Waals surface area contributed by atoms with Crippen LogP contribution in [0.1, 0.15) is 29.7 Å². The molecule has 1 atom stereocenters. The number of amides is 1. The Balaban J connectivity index is 1.46. The molecule has 4 aromatic rings. The molecule has 0 fully saturated rings. The van der Waals surface area contributed by atoms with E-state index in [1.54, 1.807) is 46.7 Å². The molecule has 8 nitrogen and oxygen atoms in total. The number of hydrogen-bond donors (Lipinski definition) is 2. The highest BCUT2D eigenvalue weighted by Gasteiger charge is 2.17. The zero-order valence-electron chi connectivity index (χ0n) is 15.8. The first-order chi connectivity index (χ1) is 13.9. The molecule has 9 heteroatoms. The lowest BCUT2D eigenvalue weighted by molar-refractivity contribution is 0.0928. The number of carbonyl (C=O) groups is 1. The van der Waals surface area contributed by atoms with Crippen molar-refractivity contribution in [3.63, 3.8) is 0 Å². The molecule has 1 amide bonds. The Bertz CT molecular complexity index is 1290. The number of hydrogen-bond acceptors (Lipinski definition) is 5. The summed E-state index contributed by atoms with van der Waals surface area (Å²) < 4.78 is 3.34. The summed E-state index contributed by atoms with van der Waals surface area (Å²) in [7, 11) is 1.80. The van der Waals surface area contributed by atoms with Gasteiger partial charge in [0.05, 0.1) is 29.1 Å². The number of rotatable bonds is 3. The number of nitrogens with one attached hydrogen (secondary N) is 1. The Kier molecular flexibility index (Phi) is 4.82. The van der Waals surface area contributed by atoms with Crippen molar-refractivity contribution in [2.45, 2.75) is 19.4 Å². The molecule has 0 unspecified atom stereocenters. The summed E-state index contributed by atoms with van der Waals surface area (Å²) in [6.07, 6.45) is 3.68. The summed E-state index contributed by atoms with van der Waals surface area (Å²) in [4.78, 5) is 21.2. The number of imidazole rings is 2. The number of nitrogens with zero attached hydrogens (tertiary/aromatic N) is 5. The van der Waals surface area contributed by atoms with Crippen molar-refractivity contribution in [3.8, 4) is 11.8 Å². The molecular formula is C20H18ClN7O. The van der Waals surface area contributed by atoms with Crippen LogP contribution in [0.4, 0.5) is 5.69 Å². The highest BCUT2D eigenvalue weighted by atomic mass is 35.5. The zero-order chi connectivity index (χ0) is 20.5. The molecule has 0 saturated carbocycles. The van der Waals surface area contributed by atoms with E-state index in [0.717, 1.165) is 5.52 Å². The highest BCUT2D eigenvalue weighted by Crippen LogP contribution is 2.19. The van der Waals surface area contributed by atoms with Crippen molar-refractivity contribution in [2.24, 2.45) is 7.05 Å². The van der Waals surface area contributed by atoms with E-state index in [9.17, 15) is 4.79 Å². The van der Waals surface area contributed by atoms with Gasteiger partial charge < -0.3 is 15.6 Å². The summed E-state index contributed by atoms with van der Waals surface area (Å²) in [5, 5.41) is 7.71. The van der Waals surface area contributed by atoms with Gasteiger partial charge >= 0.3 is 0 Å². The second kappa shape index (κ2) is 7.45. The van der Waals surface area contributed by atoms with Crippen LogP contribution >= 0.6 is 11.6 Å². The third kappa shape index (κ3) is 3.60. The second-order valence-electron chi connectivity index (χ2n) is 6.67. The van der Waals surface area contributed by atoms with Gasteiger partial charge in [-0.15, -0.1) is 0 Å². The normalized spacial score (nSPS) is 12.0. The summed E-state index contributed by atoms with van der Waals surface area (Å²) in [6, 6.07) is 6.86. The molecule has 0 bridgehead atoms. The van der Waals surface area contributed by atoms with E-state index in [1.165, 1.54) is 0 Å². The van der Waals surface area contributed by atoms with Crippen LogP contribution in [0.3, 0.4) is 0 Å². The largest absolute Gasteiger partial charge is 0.396 e. The topological polar surface area (TPSA) is 103 Å². The molecule has 4 rings (SSSR count). The van der Waals surface area contributed by atoms with E-state index in [-0.39, 0.29) is 11.9 Å². The molecule has 3 heterocycles. The van der Waals surface area contributed by atoms with Gasteiger partial charge in [0, 0.05) is 24.5 Å². The van der Waals surface area contributed by atoms with Crippen LogP contribution in [0.15, 0.2) is 36.7 Å². The second-order valence-corrected chi connectivity index (χ2v) is 7.11. The Morgan fingerprint density at radius 2 is 2.21 bits per heavy atom. The molecule has 0 aliphatic carbocycles. The van der Waals surface area contributed by atoms with Crippen LogP contribution in [0.25, 0.3) is 16.7 Å². The van der Waals surface area contributed by atoms with E-state index in [1.807, 2.05) is 13.0 Å². The lowest BCUT2D eigenvalue weighted by Gasteiger charge is -2.10. The fourth-order valence-electron chi connectivity index (χ4n) is 3.01. The average Bonchev–Trinajstić information content (AvgIpc) is 3.24. The molecule has 1 aromatic carbocycles. The maximum absolute atomic E-state index is 12.6. The smallest absolute Gasteiger partial charge is 0.287 e. The van der Waals surface area contributed by atoms with Crippen molar-refractivity contribution >= 4 is 39.9 Å². The fraction of sp³-hybridized carbons (Fsp3) is 0.200. The number of nitrogen functional groups attached to an aromatic ring is 1. The quantitative estimate of drug-likeness (QED) is 0.507. The molecule has 0 spiro atoms. The predicted octanol–water partition coefficient (Wildman–Crippen LogP) is 2.41. The molecule has 0 radical (unpaired) electrons. The summed E-state index contributed by atoms with van der Waals surface area (Å²) >= 11 is 6.01. The number of aromatic nitrogens is 5. The van der Waals surface area contributed by atoms with E-state index in [4.69, 9.17) is 17.3 Å². The molecule has 29 heavy (non-hydrogen) atoms. The number of fused-ring (bicyclic) bond motifs is 2. The van der Waals surface area contributed by atoms with Gasteiger partial charge in [-0.2, -0.15) is 5.10 Å². The maximum Gasteiger partial charge on any atom is 0.287 e. The monoisotopic (exact) mass is 407 g/mol. The van der Waals surface area contributed by atoms with E-state index >= 15 is 0 Å². The first kappa shape index (κ1) is 18.8. The minimum absolute atomic E-state index is 0.171. The number of anilines is 1. The molecule has 3 aromatic heterocycles. The lowest BCUT2D eigenvalue weighted by atomic mass is 10.2. The number of aryl methyl sites for hydroxylation is 1. The highest BCUT2D eigenvalue weighted by molar-refractivity contribution is 6.31. The van der Waals surface area contributed by atoms with Crippen molar-refractivity contribution < 1.29 is 4.79 Å². The molecule has 0 aliphatic heterocycles. The first-order valence-electron chi connectivity index (χ1n) is 8.94. The van der Waals surface area contributed by atoms with Gasteiger partial charge in [0.15, 0.2) is 11.5 Å². The Hall–Kier alpha value is -3.57. The Morgan fingerprint density at radius 3 is 3.03 bits per heavy atom. The number of nitrogens with two attached hydrogens (primary N) is 1. The number of halogens is 1. The van der Waals surface area contributed by atoms with E-state index in [0.29, 0.717) is 39.8 Å². The number of benzene rings is 1. The summed E-state index contributed by atoms with van der Waals surface area (Å²) in [6.45, 7) is 1.89. The van der Waals surface area contributed by atoms with Crippen LogP contribution in [0.5, 0.6) is 0 Å². The van der Waals surface area contributed by atoms with E-state index in [2.05, 4.69) is 32.2 Å². The third-order valence-electron chi connectivity index (χ3n) is 4.48. The van der Waals surface area contributed by atoms with Gasteiger partial charge in [-0.25, -0.2) is 14.5 Å². The predicted molar refractivity (Wildman–Crippen MR) is 112 cm³/mol. The Morgan fingerprint density at radius 1 is 1.38 bits per heavy atom. The molecular weight excluding hydrogens is 390 g/mol. The lowest BCUT2D eigenvalue weighted by Crippen LogP contribution is -2.33. The standard InChI is InChI=1S/C20H18ClN7O/c1-12(4-3-5-14-11-23-18-15(22)8-9-24-28(14)18)25-20(29)19-26-16-10-13(21)6-7-17(16)27(19)2/h6-12H,4,22H2,1-2H3,(H,25,29)/t12-/m0/s1. The van der Waals surface area contributed by atoms with Crippen molar-refractivity contribution in [1.82, 2.24) is 29.5 Å². The third-order valence-corrected chi connectivity index (χ3v) is 4.72. The fourth-order valence-corrected chi connectivity index (χ4v) is 3.18. The minimum atomic E-state index is -0.265. The van der Waals surface area contributed by atoms with Gasteiger partial charge in [0.2, 0.25) is 0 Å². The SMILES string of the molecule is C[C@@H](CC#Cc1cnc2c(N)ccnn12)NC(=O)c1nc2cc(Cl)ccc2n1C. The zero-order valence-corrected chi connectivity index (χ0v) is 16.6. The van der Waals surface area contributed by atoms with Crippen LogP contribution in [0.2, 0.25) is 5.02 Å². The van der Waals surface area contributed by atoms with Crippen LogP contribution < -0.4 is 11.1 Å². The van der Waals surface area contributed by atoms with Gasteiger partial charge in [0.25, 0.3) is 5.91 Å². The van der Waals surface area contributed by atoms with Gasteiger partial charge in [0.1, 0.15) is 5.69 Å². The molecule has 146 valence electrons. The van der Waals surface area contributed by atoms with E-state index < -0.39 is 0 Å². The first-order valence-corrected chi connectivity index (χ1v) is 9.32.